The summed E-state index contributed by atoms with van der Waals surface area (Å²) in [6.07, 6.45) is 2.82. The Morgan fingerprint density at radius 2 is 2.37 bits per heavy atom. The number of carbonyl (C=O) groups excluding carboxylic acids is 1. The molecule has 1 atom stereocenters. The van der Waals surface area contributed by atoms with Gasteiger partial charge in [0.05, 0.1) is 18.9 Å². The van der Waals surface area contributed by atoms with Gasteiger partial charge in [-0.25, -0.2) is 0 Å². The Balaban J connectivity index is 1.82. The van der Waals surface area contributed by atoms with Crippen molar-refractivity contribution in [1.29, 1.82) is 0 Å². The Labute approximate surface area is 110 Å². The Bertz CT molecular complexity index is 428. The lowest BCUT2D eigenvalue weighted by molar-refractivity contribution is -0.151. The molecule has 1 unspecified atom stereocenters. The molecule has 1 N–H and O–H groups in total. The van der Waals surface area contributed by atoms with E-state index in [1.165, 1.54) is 0 Å². The summed E-state index contributed by atoms with van der Waals surface area (Å²) in [7, 11) is 0. The summed E-state index contributed by atoms with van der Waals surface area (Å²) in [4.78, 5) is 23.9. The van der Waals surface area contributed by atoms with Gasteiger partial charge in [-0.2, -0.15) is 0 Å². The van der Waals surface area contributed by atoms with Crippen LogP contribution >= 0.6 is 0 Å². The fraction of sp³-hybridized carbons (Fsp3) is 0.538. The quantitative estimate of drug-likeness (QED) is 0.839. The number of ether oxygens (including phenoxy) is 1. The Hall–Kier alpha value is -1.82. The molecule has 2 rings (SSSR count). The van der Waals surface area contributed by atoms with E-state index in [2.05, 4.69) is 0 Å². The fourth-order valence-electron chi connectivity index (χ4n) is 2.08. The summed E-state index contributed by atoms with van der Waals surface area (Å²) in [6, 6.07) is 3.60. The van der Waals surface area contributed by atoms with E-state index in [0.717, 1.165) is 5.76 Å². The average Bonchev–Trinajstić information content (AvgIpc) is 2.85. The minimum atomic E-state index is -0.806. The van der Waals surface area contributed by atoms with Gasteiger partial charge in [0.1, 0.15) is 12.4 Å². The number of carboxylic acids is 1. The van der Waals surface area contributed by atoms with Crippen molar-refractivity contribution in [1.82, 2.24) is 4.90 Å². The largest absolute Gasteiger partial charge is 0.481 e. The Morgan fingerprint density at radius 1 is 1.53 bits per heavy atom. The number of carbonyl (C=O) groups is 2. The summed E-state index contributed by atoms with van der Waals surface area (Å²) < 4.78 is 10.6. The van der Waals surface area contributed by atoms with Gasteiger partial charge in [0.25, 0.3) is 0 Å². The second kappa shape index (κ2) is 6.38. The zero-order valence-electron chi connectivity index (χ0n) is 10.6. The predicted molar refractivity (Wildman–Crippen MR) is 65.4 cm³/mol. The average molecular weight is 267 g/mol. The summed E-state index contributed by atoms with van der Waals surface area (Å²) in [6.45, 7) is 0.974. The summed E-state index contributed by atoms with van der Waals surface area (Å²) in [5, 5.41) is 8.59. The van der Waals surface area contributed by atoms with Crippen LogP contribution in [0, 0.1) is 0 Å². The molecule has 0 aromatic carbocycles. The van der Waals surface area contributed by atoms with Crippen LogP contribution in [0.2, 0.25) is 0 Å². The van der Waals surface area contributed by atoms with Gasteiger partial charge in [0.15, 0.2) is 0 Å². The van der Waals surface area contributed by atoms with Crippen molar-refractivity contribution in [3.05, 3.63) is 24.2 Å². The van der Waals surface area contributed by atoms with Crippen molar-refractivity contribution >= 4 is 11.9 Å². The standard InChI is InChI=1S/C13H17NO5/c15-12-9-19-11(3-1-5-13(16)17)8-14(12)7-10-4-2-6-18-10/h2,4,6,11H,1,3,5,7-9H2,(H,16,17). The lowest BCUT2D eigenvalue weighted by atomic mass is 10.1. The second-order valence-electron chi connectivity index (χ2n) is 4.57. The van der Waals surface area contributed by atoms with Gasteiger partial charge < -0.3 is 19.2 Å². The van der Waals surface area contributed by atoms with Crippen LogP contribution in [0.5, 0.6) is 0 Å². The molecule has 1 amide bonds. The van der Waals surface area contributed by atoms with Crippen LogP contribution in [0.15, 0.2) is 22.8 Å². The van der Waals surface area contributed by atoms with E-state index in [-0.39, 0.29) is 25.0 Å². The van der Waals surface area contributed by atoms with Crippen LogP contribution in [-0.4, -0.2) is 41.1 Å². The van der Waals surface area contributed by atoms with Crippen LogP contribution in [0.25, 0.3) is 0 Å². The van der Waals surface area contributed by atoms with Gasteiger partial charge in [-0.3, -0.25) is 9.59 Å². The molecule has 6 nitrogen and oxygen atoms in total. The number of furan rings is 1. The van der Waals surface area contributed by atoms with Gasteiger partial charge in [-0.15, -0.1) is 0 Å². The summed E-state index contributed by atoms with van der Waals surface area (Å²) >= 11 is 0. The van der Waals surface area contributed by atoms with E-state index in [1.807, 2.05) is 6.07 Å². The van der Waals surface area contributed by atoms with Gasteiger partial charge in [0.2, 0.25) is 5.91 Å². The second-order valence-corrected chi connectivity index (χ2v) is 4.57. The first kappa shape index (κ1) is 13.6. The smallest absolute Gasteiger partial charge is 0.303 e. The topological polar surface area (TPSA) is 80.0 Å². The van der Waals surface area contributed by atoms with Crippen LogP contribution in [0.1, 0.15) is 25.0 Å². The third kappa shape index (κ3) is 4.10. The van der Waals surface area contributed by atoms with E-state index in [1.54, 1.807) is 17.2 Å². The number of aliphatic carboxylic acids is 1. The first-order chi connectivity index (χ1) is 9.15. The normalized spacial score (nSPS) is 19.7. The molecule has 0 radical (unpaired) electrons. The van der Waals surface area contributed by atoms with Crippen molar-refractivity contribution in [2.75, 3.05) is 13.2 Å². The number of morpholine rings is 1. The lowest BCUT2D eigenvalue weighted by Gasteiger charge is -2.32. The van der Waals surface area contributed by atoms with Gasteiger partial charge in [0, 0.05) is 13.0 Å². The number of rotatable bonds is 6. The van der Waals surface area contributed by atoms with E-state index in [4.69, 9.17) is 14.3 Å². The monoisotopic (exact) mass is 267 g/mol. The maximum absolute atomic E-state index is 11.7. The number of carboxylic acid groups (broad SMARTS) is 1. The minimum absolute atomic E-state index is 0.0540. The molecule has 104 valence electrons. The highest BCUT2D eigenvalue weighted by molar-refractivity contribution is 5.78. The van der Waals surface area contributed by atoms with Gasteiger partial charge in [-0.1, -0.05) is 0 Å². The molecule has 19 heavy (non-hydrogen) atoms. The molecule has 0 saturated carbocycles. The van der Waals surface area contributed by atoms with Crippen molar-refractivity contribution in [3.63, 3.8) is 0 Å². The number of amides is 1. The molecule has 0 bridgehead atoms. The molecule has 1 fully saturated rings. The van der Waals surface area contributed by atoms with Crippen LogP contribution < -0.4 is 0 Å². The van der Waals surface area contributed by atoms with Crippen LogP contribution in [0.3, 0.4) is 0 Å². The number of hydrogen-bond donors (Lipinski definition) is 1. The highest BCUT2D eigenvalue weighted by Crippen LogP contribution is 2.15. The van der Waals surface area contributed by atoms with E-state index < -0.39 is 5.97 Å². The molecule has 0 spiro atoms. The zero-order chi connectivity index (χ0) is 13.7. The molecule has 1 aromatic rings. The summed E-state index contributed by atoms with van der Waals surface area (Å²) in [5.74, 6) is -0.134. The number of hydrogen-bond acceptors (Lipinski definition) is 4. The highest BCUT2D eigenvalue weighted by atomic mass is 16.5. The third-order valence-electron chi connectivity index (χ3n) is 3.06. The van der Waals surface area contributed by atoms with Gasteiger partial charge >= 0.3 is 5.97 Å². The van der Waals surface area contributed by atoms with Crippen molar-refractivity contribution < 1.29 is 23.8 Å². The SMILES string of the molecule is O=C(O)CCCC1CN(Cc2ccco2)C(=O)CO1. The van der Waals surface area contributed by atoms with Crippen LogP contribution in [0.4, 0.5) is 0 Å². The van der Waals surface area contributed by atoms with Crippen molar-refractivity contribution in [2.45, 2.75) is 31.9 Å². The molecular formula is C13H17NO5. The molecular weight excluding hydrogens is 250 g/mol. The predicted octanol–water partition coefficient (Wildman–Crippen LogP) is 1.26. The minimum Gasteiger partial charge on any atom is -0.481 e. The first-order valence-electron chi connectivity index (χ1n) is 6.28. The molecule has 1 aliphatic rings. The molecule has 1 aromatic heterocycles. The van der Waals surface area contributed by atoms with E-state index >= 15 is 0 Å². The van der Waals surface area contributed by atoms with Crippen molar-refractivity contribution in [2.24, 2.45) is 0 Å². The van der Waals surface area contributed by atoms with Crippen molar-refractivity contribution in [3.8, 4) is 0 Å². The van der Waals surface area contributed by atoms with E-state index in [9.17, 15) is 9.59 Å². The maximum atomic E-state index is 11.7. The fourth-order valence-corrected chi connectivity index (χ4v) is 2.08. The molecule has 6 heteroatoms. The third-order valence-corrected chi connectivity index (χ3v) is 3.06. The zero-order valence-corrected chi connectivity index (χ0v) is 10.6. The first-order valence-corrected chi connectivity index (χ1v) is 6.28. The Morgan fingerprint density at radius 3 is 3.05 bits per heavy atom. The lowest BCUT2D eigenvalue weighted by Crippen LogP contribution is -2.46. The molecule has 2 heterocycles. The summed E-state index contributed by atoms with van der Waals surface area (Å²) in [5.41, 5.74) is 0. The molecule has 1 saturated heterocycles. The molecule has 0 aliphatic carbocycles. The van der Waals surface area contributed by atoms with Gasteiger partial charge in [-0.05, 0) is 25.0 Å². The van der Waals surface area contributed by atoms with Crippen LogP contribution in [-0.2, 0) is 20.9 Å². The van der Waals surface area contributed by atoms with E-state index in [0.29, 0.717) is 25.9 Å². The maximum Gasteiger partial charge on any atom is 0.303 e. The number of nitrogens with zero attached hydrogens (tertiary/aromatic N) is 1. The molecule has 1 aliphatic heterocycles. The Kier molecular flexibility index (Phi) is 4.57. The highest BCUT2D eigenvalue weighted by Gasteiger charge is 2.26.